The van der Waals surface area contributed by atoms with E-state index in [9.17, 15) is 9.59 Å². The van der Waals surface area contributed by atoms with Gasteiger partial charge < -0.3 is 16.0 Å². The Bertz CT molecular complexity index is 1280. The van der Waals surface area contributed by atoms with Gasteiger partial charge in [-0.25, -0.2) is 0 Å². The van der Waals surface area contributed by atoms with E-state index in [1.165, 1.54) is 6.20 Å². The molecule has 166 valence electrons. The number of carbonyl (C=O) groups excluding carboxylic acids is 2. The minimum atomic E-state index is -0.220. The lowest BCUT2D eigenvalue weighted by Gasteiger charge is -2.11. The van der Waals surface area contributed by atoms with E-state index in [4.69, 9.17) is 0 Å². The summed E-state index contributed by atoms with van der Waals surface area (Å²) in [6.07, 6.45) is 6.22. The van der Waals surface area contributed by atoms with Crippen LogP contribution in [0.3, 0.4) is 0 Å². The molecule has 2 aromatic carbocycles. The number of anilines is 2. The molecule has 9 heteroatoms. The number of aromatic nitrogens is 2. The molecule has 0 radical (unpaired) electrons. The first-order chi connectivity index (χ1) is 16.0. The van der Waals surface area contributed by atoms with Gasteiger partial charge >= 0.3 is 0 Å². The Hall–Kier alpha value is -4.40. The van der Waals surface area contributed by atoms with Gasteiger partial charge in [0.15, 0.2) is 0 Å². The van der Waals surface area contributed by atoms with Crippen molar-refractivity contribution < 1.29 is 9.59 Å². The molecule has 5 rings (SSSR count). The lowest BCUT2D eigenvalue weighted by molar-refractivity contribution is -0.110. The van der Waals surface area contributed by atoms with Crippen molar-refractivity contribution in [3.05, 3.63) is 83.3 Å². The van der Waals surface area contributed by atoms with E-state index in [1.54, 1.807) is 12.4 Å². The number of nitrogens with zero attached hydrogens (tertiary/aromatic N) is 2. The van der Waals surface area contributed by atoms with E-state index in [1.807, 2.05) is 49.4 Å². The normalized spacial score (nSPS) is 17.8. The van der Waals surface area contributed by atoms with Crippen molar-refractivity contribution in [1.29, 1.82) is 0 Å². The molecule has 9 nitrogen and oxygen atoms in total. The molecule has 0 bridgehead atoms. The Kier molecular flexibility index (Phi) is 5.35. The van der Waals surface area contributed by atoms with E-state index in [0.717, 1.165) is 34.5 Å². The van der Waals surface area contributed by atoms with Crippen molar-refractivity contribution in [3.63, 3.8) is 0 Å². The second-order valence-corrected chi connectivity index (χ2v) is 8.11. The molecule has 1 unspecified atom stereocenters. The van der Waals surface area contributed by atoms with E-state index in [2.05, 4.69) is 36.7 Å². The summed E-state index contributed by atoms with van der Waals surface area (Å²) in [6.45, 7) is 1.96. The van der Waals surface area contributed by atoms with E-state index < -0.39 is 0 Å². The van der Waals surface area contributed by atoms with Crippen LogP contribution in [0.15, 0.2) is 66.2 Å². The highest BCUT2D eigenvalue weighted by atomic mass is 16.2. The van der Waals surface area contributed by atoms with Crippen molar-refractivity contribution in [2.24, 2.45) is 5.10 Å². The van der Waals surface area contributed by atoms with Crippen molar-refractivity contribution in [2.75, 3.05) is 10.6 Å². The number of hydrogen-bond donors (Lipinski definition) is 5. The summed E-state index contributed by atoms with van der Waals surface area (Å²) in [7, 11) is 0. The van der Waals surface area contributed by atoms with Gasteiger partial charge in [-0.2, -0.15) is 10.2 Å². The summed E-state index contributed by atoms with van der Waals surface area (Å²) >= 11 is 0. The molecule has 2 amide bonds. The zero-order chi connectivity index (χ0) is 22.8. The highest BCUT2D eigenvalue weighted by molar-refractivity contribution is 6.31. The molecule has 2 aliphatic heterocycles. The smallest absolute Gasteiger partial charge is 0.258 e. The average Bonchev–Trinajstić information content (AvgIpc) is 3.53. The van der Waals surface area contributed by atoms with Gasteiger partial charge in [0.05, 0.1) is 17.3 Å². The maximum Gasteiger partial charge on any atom is 0.258 e. The first-order valence-electron chi connectivity index (χ1n) is 10.6. The van der Waals surface area contributed by atoms with Gasteiger partial charge in [0.1, 0.15) is 6.17 Å². The molecule has 3 heterocycles. The second kappa shape index (κ2) is 8.62. The fraction of sp³-hybridized carbons (Fsp3) is 0.167. The maximum atomic E-state index is 12.5. The number of rotatable bonds is 6. The summed E-state index contributed by atoms with van der Waals surface area (Å²) < 4.78 is 0. The third-order valence-corrected chi connectivity index (χ3v) is 5.56. The second-order valence-electron chi connectivity index (χ2n) is 8.11. The number of amides is 2. The summed E-state index contributed by atoms with van der Waals surface area (Å²) in [5.41, 5.74) is 9.58. The Morgan fingerprint density at radius 1 is 1.21 bits per heavy atom. The number of hydrazone groups is 1. The molecule has 0 fully saturated rings. The van der Waals surface area contributed by atoms with Crippen molar-refractivity contribution >= 4 is 34.5 Å². The van der Waals surface area contributed by atoms with E-state index >= 15 is 0 Å². The summed E-state index contributed by atoms with van der Waals surface area (Å²) in [5.74, 6) is -0.350. The van der Waals surface area contributed by atoms with Crippen LogP contribution in [0, 0.1) is 0 Å². The van der Waals surface area contributed by atoms with E-state index in [-0.39, 0.29) is 18.0 Å². The average molecular weight is 441 g/mol. The van der Waals surface area contributed by atoms with Gasteiger partial charge in [0.25, 0.3) is 11.8 Å². The first kappa shape index (κ1) is 20.5. The maximum absolute atomic E-state index is 12.5. The predicted octanol–water partition coefficient (Wildman–Crippen LogP) is 2.83. The fourth-order valence-corrected chi connectivity index (χ4v) is 3.92. The number of hydrogen-bond acceptors (Lipinski definition) is 6. The number of benzene rings is 2. The van der Waals surface area contributed by atoms with Crippen molar-refractivity contribution in [3.8, 4) is 0 Å². The number of aromatic amines is 1. The van der Waals surface area contributed by atoms with Gasteiger partial charge in [-0.15, -0.1) is 0 Å². The SMILES string of the molecule is CC1=NNC(N/C=C2\C(=O)Nc3ccc(Cc4cccc(NC(=O)c5cn[nH]c5)c4)cc32)C1. The van der Waals surface area contributed by atoms with Gasteiger partial charge in [-0.3, -0.25) is 20.1 Å². The number of nitrogens with one attached hydrogen (secondary N) is 5. The number of H-pyrrole nitrogens is 1. The van der Waals surface area contributed by atoms with Crippen LogP contribution in [0.2, 0.25) is 0 Å². The van der Waals surface area contributed by atoms with Gasteiger partial charge in [-0.05, 0) is 48.7 Å². The first-order valence-corrected chi connectivity index (χ1v) is 10.6. The third kappa shape index (κ3) is 4.47. The predicted molar refractivity (Wildman–Crippen MR) is 127 cm³/mol. The highest BCUT2D eigenvalue weighted by Gasteiger charge is 2.25. The lowest BCUT2D eigenvalue weighted by Crippen LogP contribution is -2.33. The van der Waals surface area contributed by atoms with Crippen molar-refractivity contribution in [2.45, 2.75) is 25.9 Å². The standard InChI is InChI=1S/C24H23N7O2/c1-14-7-22(31-30-14)25-13-20-19-10-16(5-6-21(19)29-24(20)33)8-15-3-2-4-18(9-15)28-23(32)17-11-26-27-12-17/h2-6,9-13,22,25,31H,7-8H2,1H3,(H,26,27)(H,28,32)(H,29,33)/b20-13-. The monoisotopic (exact) mass is 441 g/mol. The molecule has 2 aliphatic rings. The molecular formula is C24H23N7O2. The fourth-order valence-electron chi connectivity index (χ4n) is 3.92. The molecule has 3 aromatic rings. The molecule has 1 atom stereocenters. The molecule has 0 saturated carbocycles. The number of fused-ring (bicyclic) bond motifs is 1. The van der Waals surface area contributed by atoms with Gasteiger partial charge in [0, 0.05) is 41.5 Å². The van der Waals surface area contributed by atoms with Crippen molar-refractivity contribution in [1.82, 2.24) is 20.9 Å². The zero-order valence-electron chi connectivity index (χ0n) is 18.0. The van der Waals surface area contributed by atoms with Gasteiger partial charge in [-0.1, -0.05) is 18.2 Å². The molecule has 0 saturated heterocycles. The van der Waals surface area contributed by atoms with Crippen LogP contribution in [0.25, 0.3) is 5.57 Å². The minimum Gasteiger partial charge on any atom is -0.369 e. The molecule has 0 spiro atoms. The molecule has 1 aromatic heterocycles. The Morgan fingerprint density at radius 3 is 2.88 bits per heavy atom. The topological polar surface area (TPSA) is 123 Å². The molecular weight excluding hydrogens is 418 g/mol. The summed E-state index contributed by atoms with van der Waals surface area (Å²) in [6, 6.07) is 13.7. The Morgan fingerprint density at radius 2 is 2.09 bits per heavy atom. The lowest BCUT2D eigenvalue weighted by atomic mass is 9.99. The Labute approximate surface area is 190 Å². The van der Waals surface area contributed by atoms with Crippen LogP contribution in [-0.4, -0.2) is 33.9 Å². The minimum absolute atomic E-state index is 0.0162. The third-order valence-electron chi connectivity index (χ3n) is 5.56. The van der Waals surface area contributed by atoms with Gasteiger partial charge in [0.2, 0.25) is 0 Å². The van der Waals surface area contributed by atoms with Crippen LogP contribution in [-0.2, 0) is 11.2 Å². The van der Waals surface area contributed by atoms with Crippen LogP contribution in [0.4, 0.5) is 11.4 Å². The van der Waals surface area contributed by atoms with Crippen LogP contribution >= 0.6 is 0 Å². The quantitative estimate of drug-likeness (QED) is 0.377. The molecule has 33 heavy (non-hydrogen) atoms. The largest absolute Gasteiger partial charge is 0.369 e. The van der Waals surface area contributed by atoms with E-state index in [0.29, 0.717) is 23.2 Å². The van der Waals surface area contributed by atoms with Crippen LogP contribution in [0.1, 0.15) is 40.4 Å². The molecule has 5 N–H and O–H groups in total. The van der Waals surface area contributed by atoms with Crippen LogP contribution in [0.5, 0.6) is 0 Å². The number of carbonyl (C=O) groups is 2. The summed E-state index contributed by atoms with van der Waals surface area (Å²) in [4.78, 5) is 24.8. The zero-order valence-corrected chi connectivity index (χ0v) is 18.0. The van der Waals surface area contributed by atoms with Crippen LogP contribution < -0.4 is 21.4 Å². The highest BCUT2D eigenvalue weighted by Crippen LogP contribution is 2.33. The summed E-state index contributed by atoms with van der Waals surface area (Å²) in [5, 5.41) is 19.6. The Balaban J connectivity index is 1.31. The molecule has 0 aliphatic carbocycles.